The molecule has 2 aliphatic heterocycles. The van der Waals surface area contributed by atoms with Crippen LogP contribution in [-0.2, 0) is 16.0 Å². The molecule has 2 atom stereocenters. The minimum Gasteiger partial charge on any atom is -0.534 e. The Kier molecular flexibility index (Phi) is 5.14. The van der Waals surface area contributed by atoms with Crippen molar-refractivity contribution >= 4 is 24.9 Å². The first-order valence-electron chi connectivity index (χ1n) is 8.37. The number of carbonyl (C=O) groups is 3. The zero-order chi connectivity index (χ0) is 18.8. The number of aromatic carboxylic acids is 1. The number of nitrogens with two attached hydrogens (primary N) is 1. The van der Waals surface area contributed by atoms with E-state index in [0.717, 1.165) is 0 Å². The van der Waals surface area contributed by atoms with Crippen LogP contribution < -0.4 is 15.7 Å². The van der Waals surface area contributed by atoms with Crippen molar-refractivity contribution in [2.45, 2.75) is 31.2 Å². The lowest BCUT2D eigenvalue weighted by molar-refractivity contribution is -0.138. The first-order chi connectivity index (χ1) is 12.3. The number of rotatable bonds is 4. The van der Waals surface area contributed by atoms with E-state index < -0.39 is 24.9 Å². The number of piperidine rings is 1. The molecule has 0 saturated carbocycles. The highest BCUT2D eigenvalue weighted by Gasteiger charge is 2.38. The van der Waals surface area contributed by atoms with Crippen LogP contribution in [0.25, 0.3) is 0 Å². The quantitative estimate of drug-likeness (QED) is 0.492. The SMILES string of the molecule is NC1CCN(CC(=O)NC2Cc3cccc(C(=O)O)c3OB2O)C(=O)C1. The molecule has 3 rings (SSSR count). The van der Waals surface area contributed by atoms with Crippen molar-refractivity contribution < 1.29 is 29.2 Å². The number of benzene rings is 1. The standard InChI is InChI=1S/C16H20BN3O6/c18-10-4-5-20(14(22)7-10)8-13(21)19-12-6-9-2-1-3-11(16(23)24)15(9)26-17(12)25/h1-3,10,12,25H,4-8,18H2,(H,19,21)(H,23,24). The molecule has 1 fully saturated rings. The fourth-order valence-electron chi connectivity index (χ4n) is 3.21. The summed E-state index contributed by atoms with van der Waals surface area (Å²) in [5.41, 5.74) is 6.27. The molecule has 9 nitrogen and oxygen atoms in total. The van der Waals surface area contributed by atoms with Gasteiger partial charge in [0.1, 0.15) is 5.75 Å². The van der Waals surface area contributed by atoms with Gasteiger partial charge in [-0.05, 0) is 24.5 Å². The molecule has 0 bridgehead atoms. The van der Waals surface area contributed by atoms with Crippen molar-refractivity contribution in [3.8, 4) is 5.75 Å². The van der Waals surface area contributed by atoms with Gasteiger partial charge in [-0.1, -0.05) is 12.1 Å². The summed E-state index contributed by atoms with van der Waals surface area (Å²) in [6.07, 6.45) is 1.08. The minimum atomic E-state index is -1.38. The number of fused-ring (bicyclic) bond motifs is 1. The Morgan fingerprint density at radius 1 is 1.38 bits per heavy atom. The van der Waals surface area contributed by atoms with Crippen LogP contribution in [0.4, 0.5) is 0 Å². The van der Waals surface area contributed by atoms with Crippen LogP contribution in [0.15, 0.2) is 18.2 Å². The number of likely N-dealkylation sites (tertiary alicyclic amines) is 1. The molecule has 0 aliphatic carbocycles. The molecule has 10 heteroatoms. The maximum absolute atomic E-state index is 12.2. The van der Waals surface area contributed by atoms with E-state index in [1.54, 1.807) is 12.1 Å². The zero-order valence-electron chi connectivity index (χ0n) is 14.1. The number of nitrogens with one attached hydrogen (secondary N) is 1. The van der Waals surface area contributed by atoms with Crippen LogP contribution in [-0.4, -0.2) is 65.0 Å². The van der Waals surface area contributed by atoms with E-state index in [4.69, 9.17) is 10.4 Å². The van der Waals surface area contributed by atoms with Gasteiger partial charge in [0.2, 0.25) is 11.8 Å². The average Bonchev–Trinajstić information content (AvgIpc) is 2.57. The molecule has 2 unspecified atom stereocenters. The van der Waals surface area contributed by atoms with Gasteiger partial charge in [-0.3, -0.25) is 9.59 Å². The first-order valence-corrected chi connectivity index (χ1v) is 8.37. The van der Waals surface area contributed by atoms with E-state index in [1.165, 1.54) is 11.0 Å². The summed E-state index contributed by atoms with van der Waals surface area (Å²) in [4.78, 5) is 36.8. The third-order valence-corrected chi connectivity index (χ3v) is 4.59. The second-order valence-corrected chi connectivity index (χ2v) is 6.55. The van der Waals surface area contributed by atoms with Crippen molar-refractivity contribution in [1.29, 1.82) is 0 Å². The predicted molar refractivity (Wildman–Crippen MR) is 91.4 cm³/mol. The highest BCUT2D eigenvalue weighted by molar-refractivity contribution is 6.47. The third-order valence-electron chi connectivity index (χ3n) is 4.59. The molecule has 2 amide bonds. The monoisotopic (exact) mass is 361 g/mol. The van der Waals surface area contributed by atoms with Crippen LogP contribution >= 0.6 is 0 Å². The van der Waals surface area contributed by atoms with Crippen LogP contribution in [0, 0.1) is 0 Å². The van der Waals surface area contributed by atoms with E-state index in [9.17, 15) is 24.5 Å². The second-order valence-electron chi connectivity index (χ2n) is 6.55. The van der Waals surface area contributed by atoms with Crippen LogP contribution in [0.2, 0.25) is 0 Å². The summed E-state index contributed by atoms with van der Waals surface area (Å²) < 4.78 is 5.33. The highest BCUT2D eigenvalue weighted by atomic mass is 16.5. The van der Waals surface area contributed by atoms with E-state index in [-0.39, 0.29) is 42.6 Å². The molecule has 0 spiro atoms. The number of carboxylic acid groups (broad SMARTS) is 1. The van der Waals surface area contributed by atoms with E-state index in [2.05, 4.69) is 5.32 Å². The van der Waals surface area contributed by atoms with Crippen LogP contribution in [0.1, 0.15) is 28.8 Å². The topological polar surface area (TPSA) is 142 Å². The van der Waals surface area contributed by atoms with Crippen LogP contribution in [0.5, 0.6) is 5.75 Å². The summed E-state index contributed by atoms with van der Waals surface area (Å²) in [6.45, 7) is 0.304. The molecule has 0 aromatic heterocycles. The Morgan fingerprint density at radius 2 is 2.15 bits per heavy atom. The van der Waals surface area contributed by atoms with Gasteiger partial charge in [0, 0.05) is 19.0 Å². The molecule has 2 aliphatic rings. The van der Waals surface area contributed by atoms with Crippen molar-refractivity contribution in [3.63, 3.8) is 0 Å². The normalized spacial score (nSPS) is 22.5. The van der Waals surface area contributed by atoms with Gasteiger partial charge in [-0.15, -0.1) is 0 Å². The van der Waals surface area contributed by atoms with Crippen molar-refractivity contribution in [1.82, 2.24) is 10.2 Å². The lowest BCUT2D eigenvalue weighted by Crippen LogP contribution is -2.56. The van der Waals surface area contributed by atoms with E-state index >= 15 is 0 Å². The molecule has 0 radical (unpaired) electrons. The average molecular weight is 361 g/mol. The number of carboxylic acids is 1. The van der Waals surface area contributed by atoms with Gasteiger partial charge < -0.3 is 30.7 Å². The largest absolute Gasteiger partial charge is 0.547 e. The predicted octanol–water partition coefficient (Wildman–Crippen LogP) is -1.23. The maximum atomic E-state index is 12.2. The fourth-order valence-corrected chi connectivity index (χ4v) is 3.21. The van der Waals surface area contributed by atoms with Gasteiger partial charge in [0.15, 0.2) is 0 Å². The molecule has 26 heavy (non-hydrogen) atoms. The maximum Gasteiger partial charge on any atom is 0.547 e. The van der Waals surface area contributed by atoms with E-state index in [1.807, 2.05) is 0 Å². The number of hydrogen-bond acceptors (Lipinski definition) is 6. The second kappa shape index (κ2) is 7.34. The summed E-state index contributed by atoms with van der Waals surface area (Å²) in [5.74, 6) is -2.37. The molecule has 1 aromatic carbocycles. The highest BCUT2D eigenvalue weighted by Crippen LogP contribution is 2.30. The smallest absolute Gasteiger partial charge is 0.534 e. The molecule has 1 aromatic rings. The molecule has 1 saturated heterocycles. The van der Waals surface area contributed by atoms with Gasteiger partial charge in [0.05, 0.1) is 18.0 Å². The fraction of sp³-hybridized carbons (Fsp3) is 0.438. The molecule has 2 heterocycles. The Hall–Kier alpha value is -2.59. The Morgan fingerprint density at radius 3 is 2.85 bits per heavy atom. The van der Waals surface area contributed by atoms with E-state index in [0.29, 0.717) is 18.5 Å². The van der Waals surface area contributed by atoms with Crippen LogP contribution in [0.3, 0.4) is 0 Å². The summed E-state index contributed by atoms with van der Waals surface area (Å²) >= 11 is 0. The Labute approximate surface area is 150 Å². The number of hydrogen-bond donors (Lipinski definition) is 4. The summed E-state index contributed by atoms with van der Waals surface area (Å²) in [7, 11) is -1.38. The summed E-state index contributed by atoms with van der Waals surface area (Å²) in [6, 6.07) is 4.48. The lowest BCUT2D eigenvalue weighted by atomic mass is 9.72. The van der Waals surface area contributed by atoms with Crippen molar-refractivity contribution in [2.24, 2.45) is 5.73 Å². The number of amides is 2. The van der Waals surface area contributed by atoms with Gasteiger partial charge >= 0.3 is 13.1 Å². The molecular formula is C16H20BN3O6. The third kappa shape index (κ3) is 3.81. The van der Waals surface area contributed by atoms with Gasteiger partial charge in [-0.25, -0.2) is 4.79 Å². The Bertz CT molecular complexity index is 743. The lowest BCUT2D eigenvalue weighted by Gasteiger charge is -2.31. The van der Waals surface area contributed by atoms with Crippen molar-refractivity contribution in [3.05, 3.63) is 29.3 Å². The number of nitrogens with zero attached hydrogens (tertiary/aromatic N) is 1. The number of para-hydroxylation sites is 1. The Balaban J connectivity index is 1.64. The van der Waals surface area contributed by atoms with Gasteiger partial charge in [0.25, 0.3) is 0 Å². The molecule has 138 valence electrons. The summed E-state index contributed by atoms with van der Waals surface area (Å²) in [5, 5.41) is 22.0. The first kappa shape index (κ1) is 18.2. The zero-order valence-corrected chi connectivity index (χ0v) is 14.1. The molecule has 5 N–H and O–H groups in total. The number of carbonyl (C=O) groups excluding carboxylic acids is 2. The molecular weight excluding hydrogens is 341 g/mol. The van der Waals surface area contributed by atoms with Gasteiger partial charge in [-0.2, -0.15) is 0 Å². The van der Waals surface area contributed by atoms with Crippen molar-refractivity contribution in [2.75, 3.05) is 13.1 Å². The minimum absolute atomic E-state index is 0.0402.